The molecule has 0 atom stereocenters. The third kappa shape index (κ3) is 3.52. The number of nitriles is 1. The number of nitrogens with one attached hydrogen (secondary N) is 1. The van der Waals surface area contributed by atoms with Gasteiger partial charge in [-0.2, -0.15) is 15.5 Å². The van der Waals surface area contributed by atoms with Gasteiger partial charge in [0.2, 0.25) is 5.91 Å². The maximum atomic E-state index is 11.0. The van der Waals surface area contributed by atoms with E-state index in [1.807, 2.05) is 28.9 Å². The molecule has 138 valence electrons. The number of rotatable bonds is 6. The van der Waals surface area contributed by atoms with Gasteiger partial charge in [-0.05, 0) is 11.6 Å². The Kier molecular flexibility index (Phi) is 4.43. The summed E-state index contributed by atoms with van der Waals surface area (Å²) in [6.07, 6.45) is 5.12. The maximum Gasteiger partial charge on any atom is 0.239 e. The Bertz CT molecular complexity index is 1200. The van der Waals surface area contributed by atoms with Gasteiger partial charge in [-0.1, -0.05) is 18.2 Å². The van der Waals surface area contributed by atoms with Crippen LogP contribution in [0, 0.1) is 11.3 Å². The zero-order valence-electron chi connectivity index (χ0n) is 14.8. The van der Waals surface area contributed by atoms with Crippen molar-refractivity contribution in [2.45, 2.75) is 13.1 Å². The van der Waals surface area contributed by atoms with Crippen molar-refractivity contribution in [1.29, 1.82) is 5.26 Å². The molecule has 3 aromatic heterocycles. The van der Waals surface area contributed by atoms with Gasteiger partial charge in [0, 0.05) is 29.9 Å². The van der Waals surface area contributed by atoms with Crippen molar-refractivity contribution in [2.24, 2.45) is 5.73 Å². The molecular formula is C19H16N8O. The number of hydrogen-bond acceptors (Lipinski definition) is 6. The molecule has 9 nitrogen and oxygen atoms in total. The summed E-state index contributed by atoms with van der Waals surface area (Å²) in [5.41, 5.74) is 7.57. The van der Waals surface area contributed by atoms with Crippen LogP contribution in [0.4, 0.5) is 11.6 Å². The van der Waals surface area contributed by atoms with Crippen LogP contribution in [-0.4, -0.2) is 30.5 Å². The lowest BCUT2D eigenvalue weighted by molar-refractivity contribution is -0.118. The van der Waals surface area contributed by atoms with Gasteiger partial charge < -0.3 is 11.1 Å². The highest BCUT2D eigenvalue weighted by Gasteiger charge is 2.09. The van der Waals surface area contributed by atoms with E-state index in [4.69, 9.17) is 5.73 Å². The van der Waals surface area contributed by atoms with Gasteiger partial charge in [-0.15, -0.1) is 0 Å². The molecule has 0 saturated carbocycles. The monoisotopic (exact) mass is 372 g/mol. The molecule has 0 bridgehead atoms. The standard InChI is InChI=1S/C19H16N8O/c20-8-13-3-1-2-4-14(13)11-27-16-7-19(22-9-15(16)10-23-27)24-18-5-6-26(25-18)12-17(21)28/h1-7,9-10H,11-12H2,(H2,21,28)(H,22,24,25). The quantitative estimate of drug-likeness (QED) is 0.531. The van der Waals surface area contributed by atoms with Crippen LogP contribution >= 0.6 is 0 Å². The molecule has 4 rings (SSSR count). The summed E-state index contributed by atoms with van der Waals surface area (Å²) in [4.78, 5) is 15.4. The average Bonchev–Trinajstić information content (AvgIpc) is 3.28. The van der Waals surface area contributed by atoms with Gasteiger partial charge in [-0.3, -0.25) is 14.2 Å². The summed E-state index contributed by atoms with van der Waals surface area (Å²) >= 11 is 0. The molecule has 3 heterocycles. The fourth-order valence-electron chi connectivity index (χ4n) is 2.90. The van der Waals surface area contributed by atoms with Gasteiger partial charge in [0.05, 0.1) is 29.9 Å². The number of amides is 1. The van der Waals surface area contributed by atoms with Crippen LogP contribution in [0.3, 0.4) is 0 Å². The highest BCUT2D eigenvalue weighted by Crippen LogP contribution is 2.20. The van der Waals surface area contributed by atoms with Crippen LogP contribution in [0.1, 0.15) is 11.1 Å². The number of pyridine rings is 1. The molecule has 0 radical (unpaired) electrons. The topological polar surface area (TPSA) is 127 Å². The molecule has 0 aliphatic rings. The molecular weight excluding hydrogens is 356 g/mol. The van der Waals surface area contributed by atoms with Crippen molar-refractivity contribution >= 4 is 28.4 Å². The summed E-state index contributed by atoms with van der Waals surface area (Å²) in [7, 11) is 0. The number of carbonyl (C=O) groups is 1. The minimum atomic E-state index is -0.462. The first-order chi connectivity index (χ1) is 13.6. The van der Waals surface area contributed by atoms with Crippen LogP contribution in [0.5, 0.6) is 0 Å². The van der Waals surface area contributed by atoms with Crippen molar-refractivity contribution in [3.05, 3.63) is 66.1 Å². The fraction of sp³-hybridized carbons (Fsp3) is 0.105. The van der Waals surface area contributed by atoms with Gasteiger partial charge in [0.1, 0.15) is 12.4 Å². The Labute approximate surface area is 160 Å². The zero-order chi connectivity index (χ0) is 19.5. The first kappa shape index (κ1) is 17.2. The molecule has 0 unspecified atom stereocenters. The largest absolute Gasteiger partial charge is 0.368 e. The lowest BCUT2D eigenvalue weighted by Gasteiger charge is -2.07. The first-order valence-electron chi connectivity index (χ1n) is 8.51. The van der Waals surface area contributed by atoms with E-state index >= 15 is 0 Å². The number of benzene rings is 1. The Morgan fingerprint density at radius 2 is 2.07 bits per heavy atom. The average molecular weight is 372 g/mol. The second-order valence-corrected chi connectivity index (χ2v) is 6.19. The second kappa shape index (κ2) is 7.20. The second-order valence-electron chi connectivity index (χ2n) is 6.19. The van der Waals surface area contributed by atoms with Crippen molar-refractivity contribution < 1.29 is 4.79 Å². The number of nitrogens with zero attached hydrogens (tertiary/aromatic N) is 6. The molecule has 0 fully saturated rings. The normalized spacial score (nSPS) is 10.7. The Balaban J connectivity index is 1.60. The van der Waals surface area contributed by atoms with Crippen molar-refractivity contribution in [3.63, 3.8) is 0 Å². The highest BCUT2D eigenvalue weighted by atomic mass is 16.1. The molecule has 0 spiro atoms. The molecule has 1 aromatic carbocycles. The number of carbonyl (C=O) groups excluding carboxylic acids is 1. The number of fused-ring (bicyclic) bond motifs is 1. The molecule has 9 heteroatoms. The number of anilines is 2. The number of aromatic nitrogens is 5. The minimum absolute atomic E-state index is 0.0131. The van der Waals surface area contributed by atoms with Crippen LogP contribution in [-0.2, 0) is 17.9 Å². The predicted molar refractivity (Wildman–Crippen MR) is 102 cm³/mol. The third-order valence-electron chi connectivity index (χ3n) is 4.20. The van der Waals surface area contributed by atoms with Crippen molar-refractivity contribution in [2.75, 3.05) is 5.32 Å². The number of primary amides is 1. The van der Waals surface area contributed by atoms with E-state index in [1.54, 1.807) is 30.7 Å². The first-order valence-corrected chi connectivity index (χ1v) is 8.51. The summed E-state index contributed by atoms with van der Waals surface area (Å²) in [5.74, 6) is 0.678. The SMILES string of the molecule is N#Cc1ccccc1Cn1ncc2cnc(Nc3ccn(CC(N)=O)n3)cc21. The van der Waals surface area contributed by atoms with E-state index in [9.17, 15) is 10.1 Å². The molecule has 1 amide bonds. The maximum absolute atomic E-state index is 11.0. The molecule has 0 aliphatic carbocycles. The molecule has 0 aliphatic heterocycles. The summed E-state index contributed by atoms with van der Waals surface area (Å²) in [6, 6.07) is 13.2. The number of hydrogen-bond donors (Lipinski definition) is 2. The minimum Gasteiger partial charge on any atom is -0.368 e. The van der Waals surface area contributed by atoms with E-state index in [0.717, 1.165) is 16.5 Å². The van der Waals surface area contributed by atoms with E-state index in [-0.39, 0.29) is 6.54 Å². The Morgan fingerprint density at radius 1 is 1.21 bits per heavy atom. The zero-order valence-corrected chi connectivity index (χ0v) is 14.8. The molecule has 0 saturated heterocycles. The summed E-state index contributed by atoms with van der Waals surface area (Å²) in [6.45, 7) is 0.489. The lowest BCUT2D eigenvalue weighted by Crippen LogP contribution is -2.18. The van der Waals surface area contributed by atoms with E-state index < -0.39 is 5.91 Å². The van der Waals surface area contributed by atoms with Crippen molar-refractivity contribution in [3.8, 4) is 6.07 Å². The van der Waals surface area contributed by atoms with Gasteiger partial charge in [-0.25, -0.2) is 4.98 Å². The summed E-state index contributed by atoms with van der Waals surface area (Å²) in [5, 5.41) is 21.9. The smallest absolute Gasteiger partial charge is 0.239 e. The lowest BCUT2D eigenvalue weighted by atomic mass is 10.1. The third-order valence-corrected chi connectivity index (χ3v) is 4.20. The van der Waals surface area contributed by atoms with Crippen LogP contribution in [0.15, 0.2) is 55.0 Å². The number of nitrogens with two attached hydrogens (primary N) is 1. The highest BCUT2D eigenvalue weighted by molar-refractivity contribution is 5.81. The van der Waals surface area contributed by atoms with Crippen LogP contribution < -0.4 is 11.1 Å². The summed E-state index contributed by atoms with van der Waals surface area (Å²) < 4.78 is 3.27. The van der Waals surface area contributed by atoms with E-state index in [1.165, 1.54) is 4.68 Å². The fourth-order valence-corrected chi connectivity index (χ4v) is 2.90. The van der Waals surface area contributed by atoms with E-state index in [2.05, 4.69) is 26.6 Å². The van der Waals surface area contributed by atoms with Gasteiger partial charge >= 0.3 is 0 Å². The Hall–Kier alpha value is -4.19. The Morgan fingerprint density at radius 3 is 2.89 bits per heavy atom. The molecule has 28 heavy (non-hydrogen) atoms. The molecule has 4 aromatic rings. The van der Waals surface area contributed by atoms with Crippen LogP contribution in [0.2, 0.25) is 0 Å². The van der Waals surface area contributed by atoms with Gasteiger partial charge in [0.15, 0.2) is 5.82 Å². The van der Waals surface area contributed by atoms with Crippen LogP contribution in [0.25, 0.3) is 10.9 Å². The van der Waals surface area contributed by atoms with Crippen molar-refractivity contribution in [1.82, 2.24) is 24.5 Å². The van der Waals surface area contributed by atoms with Gasteiger partial charge in [0.25, 0.3) is 0 Å². The molecule has 3 N–H and O–H groups in total. The predicted octanol–water partition coefficient (Wildman–Crippen LogP) is 1.78. The van der Waals surface area contributed by atoms with E-state index in [0.29, 0.717) is 23.7 Å².